The topological polar surface area (TPSA) is 114 Å². The summed E-state index contributed by atoms with van der Waals surface area (Å²) in [7, 11) is -5.96. The van der Waals surface area contributed by atoms with Crippen molar-refractivity contribution in [2.75, 3.05) is 38.2 Å². The maximum absolute atomic E-state index is 13.5. The van der Waals surface area contributed by atoms with Gasteiger partial charge in [0, 0.05) is 48.4 Å². The minimum atomic E-state index is -3.19. The molecule has 0 bridgehead atoms. The van der Waals surface area contributed by atoms with E-state index < -0.39 is 29.4 Å². The van der Waals surface area contributed by atoms with Crippen LogP contribution in [0.2, 0.25) is 10.0 Å². The molecule has 4 rings (SSSR count). The normalized spacial score (nSPS) is 16.6. The zero-order valence-corrected chi connectivity index (χ0v) is 22.4. The number of hydrogen-bond acceptors (Lipinski definition) is 7. The maximum Gasteiger partial charge on any atom is 0.286 e. The van der Waals surface area contributed by atoms with Crippen LogP contribution in [0.15, 0.2) is 42.5 Å². The molecule has 2 heterocycles. The molecule has 0 atom stereocenters. The number of halogens is 2. The molecule has 0 unspecified atom stereocenters. The monoisotopic (exact) mass is 579 g/mol. The average molecular weight is 581 g/mol. The number of carbonyl (C=O) groups is 1. The molecule has 9 nitrogen and oxygen atoms in total. The van der Waals surface area contributed by atoms with Gasteiger partial charge in [-0.3, -0.25) is 14.8 Å². The number of rotatable bonds is 7. The number of carbonyl (C=O) groups excluding carboxylic acids is 1. The second-order valence-corrected chi connectivity index (χ2v) is 11.5. The first kappa shape index (κ1) is 24.2. The Hall–Kier alpha value is -2.91. The van der Waals surface area contributed by atoms with Gasteiger partial charge in [0.1, 0.15) is 5.82 Å². The highest BCUT2D eigenvalue weighted by atomic mass is 35.5. The van der Waals surface area contributed by atoms with E-state index in [1.165, 1.54) is 11.1 Å². The summed E-state index contributed by atoms with van der Waals surface area (Å²) in [6, 6.07) is 11.6. The van der Waals surface area contributed by atoms with E-state index in [2.05, 4.69) is 22.3 Å². The molecule has 3 aromatic rings. The first-order chi connectivity index (χ1) is 19.4. The SMILES string of the molecule is [2H]C([2H])([2H])OCc1c(C(=O)NN2CCS(=O)(=O)CC2)nc(-c2ccc(Cl)cc2Cl)n1-c1ccc(C#CCCO)cc1. The smallest absolute Gasteiger partial charge is 0.286 e. The van der Waals surface area contributed by atoms with E-state index in [-0.39, 0.29) is 53.4 Å². The quantitative estimate of drug-likeness (QED) is 0.413. The number of methoxy groups -OCH3 is 1. The molecule has 1 aliphatic heterocycles. The van der Waals surface area contributed by atoms with E-state index in [0.29, 0.717) is 28.3 Å². The Morgan fingerprint density at radius 1 is 1.21 bits per heavy atom. The van der Waals surface area contributed by atoms with E-state index in [9.17, 15) is 13.2 Å². The third-order valence-electron chi connectivity index (χ3n) is 5.77. The molecule has 1 saturated heterocycles. The van der Waals surface area contributed by atoms with Gasteiger partial charge in [0.2, 0.25) is 0 Å². The third-order valence-corrected chi connectivity index (χ3v) is 7.92. The van der Waals surface area contributed by atoms with Crippen molar-refractivity contribution in [2.45, 2.75) is 13.0 Å². The summed E-state index contributed by atoms with van der Waals surface area (Å²) in [5, 5.41) is 11.1. The highest BCUT2D eigenvalue weighted by molar-refractivity contribution is 7.91. The molecule has 1 fully saturated rings. The van der Waals surface area contributed by atoms with Crippen molar-refractivity contribution < 1.29 is 27.2 Å². The molecule has 0 spiro atoms. The van der Waals surface area contributed by atoms with E-state index in [0.717, 1.165) is 0 Å². The van der Waals surface area contributed by atoms with Crippen LogP contribution in [0, 0.1) is 11.8 Å². The fourth-order valence-electron chi connectivity index (χ4n) is 3.90. The Kier molecular flexibility index (Phi) is 7.82. The van der Waals surface area contributed by atoms with Crippen molar-refractivity contribution in [2.24, 2.45) is 0 Å². The van der Waals surface area contributed by atoms with Crippen LogP contribution in [-0.4, -0.2) is 72.2 Å². The van der Waals surface area contributed by atoms with Crippen LogP contribution in [0.4, 0.5) is 0 Å². The van der Waals surface area contributed by atoms with Crippen molar-refractivity contribution in [3.8, 4) is 28.9 Å². The molecule has 1 aliphatic rings. The van der Waals surface area contributed by atoms with Gasteiger partial charge in [-0.2, -0.15) is 0 Å². The lowest BCUT2D eigenvalue weighted by Crippen LogP contribution is -2.50. The highest BCUT2D eigenvalue weighted by Gasteiger charge is 2.28. The molecule has 2 N–H and O–H groups in total. The minimum absolute atomic E-state index is 0.0593. The van der Waals surface area contributed by atoms with Crippen molar-refractivity contribution in [3.05, 3.63) is 69.5 Å². The van der Waals surface area contributed by atoms with E-state index in [1.54, 1.807) is 41.0 Å². The first-order valence-corrected chi connectivity index (χ1v) is 14.1. The van der Waals surface area contributed by atoms with Crippen molar-refractivity contribution >= 4 is 38.9 Å². The lowest BCUT2D eigenvalue weighted by Gasteiger charge is -2.26. The summed E-state index contributed by atoms with van der Waals surface area (Å²) in [5.74, 6) is 5.10. The molecule has 0 radical (unpaired) electrons. The van der Waals surface area contributed by atoms with E-state index in [4.69, 9.17) is 37.2 Å². The molecule has 0 saturated carbocycles. The van der Waals surface area contributed by atoms with Gasteiger partial charge in [0.25, 0.3) is 5.91 Å². The summed E-state index contributed by atoms with van der Waals surface area (Å²) in [5.41, 5.74) is 4.28. The van der Waals surface area contributed by atoms with Crippen LogP contribution in [0.1, 0.15) is 32.3 Å². The number of benzene rings is 2. The Morgan fingerprint density at radius 2 is 1.95 bits per heavy atom. The average Bonchev–Trinajstić information content (AvgIpc) is 3.28. The predicted molar refractivity (Wildman–Crippen MR) is 146 cm³/mol. The molecule has 1 amide bonds. The molecule has 0 aliphatic carbocycles. The van der Waals surface area contributed by atoms with Crippen LogP contribution < -0.4 is 5.43 Å². The fourth-order valence-corrected chi connectivity index (χ4v) is 5.60. The van der Waals surface area contributed by atoms with Gasteiger partial charge in [-0.15, -0.1) is 0 Å². The number of hydrazine groups is 1. The minimum Gasteiger partial charge on any atom is -0.395 e. The van der Waals surface area contributed by atoms with Gasteiger partial charge < -0.3 is 9.84 Å². The van der Waals surface area contributed by atoms with Gasteiger partial charge in [-0.25, -0.2) is 18.4 Å². The number of aliphatic hydroxyl groups is 1. The largest absolute Gasteiger partial charge is 0.395 e. The summed E-state index contributed by atoms with van der Waals surface area (Å²) in [6.07, 6.45) is 0.320. The number of aliphatic hydroxyl groups excluding tert-OH is 1. The van der Waals surface area contributed by atoms with Crippen LogP contribution >= 0.6 is 23.2 Å². The Bertz CT molecular complexity index is 1590. The number of sulfone groups is 1. The number of aromatic nitrogens is 2. The molecular weight excluding hydrogens is 551 g/mol. The van der Waals surface area contributed by atoms with Gasteiger partial charge >= 0.3 is 0 Å². The van der Waals surface area contributed by atoms with Crippen LogP contribution in [0.25, 0.3) is 17.1 Å². The number of imidazole rings is 1. The molecular formula is C26H26Cl2N4O5S. The highest BCUT2D eigenvalue weighted by Crippen LogP contribution is 2.34. The Balaban J connectivity index is 1.84. The fraction of sp³-hybridized carbons (Fsp3) is 0.308. The molecule has 1 aromatic heterocycles. The number of ether oxygens (including phenoxy) is 1. The van der Waals surface area contributed by atoms with Gasteiger partial charge in [0.15, 0.2) is 15.5 Å². The standard InChI is InChI=1S/C26H26Cl2N4O5S/c1-37-17-23-24(26(34)30-31-11-14-38(35,36)15-12-31)29-25(21-10-7-19(27)16-22(21)28)32(23)20-8-5-18(6-9-20)4-2-3-13-33/h5-10,16,33H,3,11-15,17H2,1H3,(H,30,34)/i1D3. The lowest BCUT2D eigenvalue weighted by molar-refractivity contribution is 0.0792. The summed E-state index contributed by atoms with van der Waals surface area (Å²) >= 11 is 12.6. The lowest BCUT2D eigenvalue weighted by atomic mass is 10.1. The summed E-state index contributed by atoms with van der Waals surface area (Å²) in [4.78, 5) is 18.1. The van der Waals surface area contributed by atoms with Gasteiger partial charge in [0.05, 0.1) is 39.5 Å². The number of amides is 1. The predicted octanol–water partition coefficient (Wildman–Crippen LogP) is 3.10. The number of hydrogen-bond donors (Lipinski definition) is 2. The van der Waals surface area contributed by atoms with Crippen molar-refractivity contribution in [1.82, 2.24) is 20.0 Å². The summed E-state index contributed by atoms with van der Waals surface area (Å²) < 4.78 is 53.1. The van der Waals surface area contributed by atoms with Crippen molar-refractivity contribution in [1.29, 1.82) is 0 Å². The summed E-state index contributed by atoms with van der Waals surface area (Å²) in [6.45, 7) is -0.394. The molecule has 12 heteroatoms. The number of nitrogens with one attached hydrogen (secondary N) is 1. The second-order valence-electron chi connectivity index (χ2n) is 8.38. The van der Waals surface area contributed by atoms with Gasteiger partial charge in [-0.05, 0) is 42.5 Å². The molecule has 2 aromatic carbocycles. The zero-order chi connectivity index (χ0) is 29.8. The van der Waals surface area contributed by atoms with Gasteiger partial charge in [-0.1, -0.05) is 35.0 Å². The molecule has 200 valence electrons. The van der Waals surface area contributed by atoms with E-state index >= 15 is 0 Å². The number of nitrogens with zero attached hydrogens (tertiary/aromatic N) is 3. The molecule has 38 heavy (non-hydrogen) atoms. The van der Waals surface area contributed by atoms with Crippen LogP contribution in [-0.2, 0) is 21.2 Å². The maximum atomic E-state index is 13.5. The van der Waals surface area contributed by atoms with Crippen molar-refractivity contribution in [3.63, 3.8) is 0 Å². The third kappa shape index (κ3) is 6.56. The Morgan fingerprint density at radius 3 is 2.61 bits per heavy atom. The zero-order valence-electron chi connectivity index (χ0n) is 23.1. The second kappa shape index (κ2) is 12.3. The first-order valence-electron chi connectivity index (χ1n) is 13.0. The van der Waals surface area contributed by atoms with E-state index in [1.807, 2.05) is 0 Å². The Labute approximate surface area is 235 Å². The van der Waals surface area contributed by atoms with Crippen LogP contribution in [0.5, 0.6) is 0 Å². The van der Waals surface area contributed by atoms with Crippen LogP contribution in [0.3, 0.4) is 0 Å².